The summed E-state index contributed by atoms with van der Waals surface area (Å²) >= 11 is 0. The normalized spacial score (nSPS) is 18.2. The molecule has 0 bridgehead atoms. The Morgan fingerprint density at radius 1 is 1.12 bits per heavy atom. The molecular weight excluding hydrogens is 339 g/mol. The van der Waals surface area contributed by atoms with Crippen LogP contribution in [0.15, 0.2) is 24.3 Å². The summed E-state index contributed by atoms with van der Waals surface area (Å²) in [6.07, 6.45) is -4.76. The van der Waals surface area contributed by atoms with Crippen LogP contribution >= 0.6 is 0 Å². The Morgan fingerprint density at radius 3 is 2.24 bits per heavy atom. The molecule has 0 aromatic heterocycles. The summed E-state index contributed by atoms with van der Waals surface area (Å²) in [7, 11) is 0. The first-order chi connectivity index (χ1) is 11.4. The van der Waals surface area contributed by atoms with Gasteiger partial charge in [0.25, 0.3) is 0 Å². The number of hydrogen-bond donors (Lipinski definition) is 0. The monoisotopic (exact) mass is 359 g/mol. The molecule has 8 heteroatoms. The molecule has 1 aliphatic rings. The van der Waals surface area contributed by atoms with Gasteiger partial charge in [0.15, 0.2) is 5.78 Å². The highest BCUT2D eigenvalue weighted by Crippen LogP contribution is 2.26. The lowest BCUT2D eigenvalue weighted by molar-refractivity contribution is -0.274. The van der Waals surface area contributed by atoms with Gasteiger partial charge in [-0.05, 0) is 51.5 Å². The number of rotatable bonds is 3. The van der Waals surface area contributed by atoms with Crippen LogP contribution in [-0.2, 0) is 4.74 Å². The molecule has 1 aromatic rings. The van der Waals surface area contributed by atoms with Crippen LogP contribution in [0.5, 0.6) is 5.75 Å². The van der Waals surface area contributed by atoms with E-state index in [4.69, 9.17) is 4.74 Å². The summed E-state index contributed by atoms with van der Waals surface area (Å²) in [4.78, 5) is 25.9. The molecule has 138 valence electrons. The predicted octanol–water partition coefficient (Wildman–Crippen LogP) is 4.02. The number of alkyl halides is 3. The maximum absolute atomic E-state index is 12.5. The van der Waals surface area contributed by atoms with Gasteiger partial charge in [0, 0.05) is 24.6 Å². The highest BCUT2D eigenvalue weighted by Gasteiger charge is 2.34. The molecule has 1 aromatic carbocycles. The molecule has 0 spiro atoms. The first-order valence-electron chi connectivity index (χ1n) is 7.82. The largest absolute Gasteiger partial charge is 0.573 e. The van der Waals surface area contributed by atoms with Crippen molar-refractivity contribution in [2.45, 2.75) is 39.2 Å². The minimum atomic E-state index is -4.77. The highest BCUT2D eigenvalue weighted by atomic mass is 19.4. The van der Waals surface area contributed by atoms with Crippen LogP contribution in [-0.4, -0.2) is 41.8 Å². The molecule has 0 radical (unpaired) electrons. The van der Waals surface area contributed by atoms with E-state index in [1.807, 2.05) is 0 Å². The van der Waals surface area contributed by atoms with Gasteiger partial charge < -0.3 is 14.4 Å². The fraction of sp³-hybridized carbons (Fsp3) is 0.529. The third-order valence-electron chi connectivity index (χ3n) is 3.58. The minimum Gasteiger partial charge on any atom is -0.444 e. The third-order valence-corrected chi connectivity index (χ3v) is 3.58. The number of carbonyl (C=O) groups is 2. The van der Waals surface area contributed by atoms with Gasteiger partial charge in [0.2, 0.25) is 0 Å². The van der Waals surface area contributed by atoms with Crippen molar-refractivity contribution in [2.24, 2.45) is 5.92 Å². The molecule has 0 N–H and O–H groups in total. The standard InChI is InChI=1S/C17H20F3NO4/c1-16(2,3)25-15(23)21-9-8-12(10-21)14(22)11-4-6-13(7-5-11)24-17(18,19)20/h4-7,12H,8-10H2,1-3H3/t12-/m0/s1. The molecule has 1 saturated heterocycles. The van der Waals surface area contributed by atoms with Crippen LogP contribution < -0.4 is 4.74 Å². The van der Waals surface area contributed by atoms with Crippen molar-refractivity contribution in [1.29, 1.82) is 0 Å². The zero-order valence-electron chi connectivity index (χ0n) is 14.2. The van der Waals surface area contributed by atoms with E-state index in [0.717, 1.165) is 12.1 Å². The van der Waals surface area contributed by atoms with Crippen molar-refractivity contribution in [3.63, 3.8) is 0 Å². The van der Waals surface area contributed by atoms with Crippen molar-refractivity contribution in [2.75, 3.05) is 13.1 Å². The van der Waals surface area contributed by atoms with Crippen LogP contribution in [0.25, 0.3) is 0 Å². The van der Waals surface area contributed by atoms with Crippen LogP contribution in [0.4, 0.5) is 18.0 Å². The lowest BCUT2D eigenvalue weighted by Crippen LogP contribution is -2.35. The van der Waals surface area contributed by atoms with E-state index in [2.05, 4.69) is 4.74 Å². The van der Waals surface area contributed by atoms with E-state index < -0.39 is 24.0 Å². The topological polar surface area (TPSA) is 55.8 Å². The number of ketones is 1. The Balaban J connectivity index is 1.96. The number of amides is 1. The van der Waals surface area contributed by atoms with E-state index in [0.29, 0.717) is 13.0 Å². The van der Waals surface area contributed by atoms with Crippen molar-refractivity contribution >= 4 is 11.9 Å². The van der Waals surface area contributed by atoms with E-state index in [-0.39, 0.29) is 23.6 Å². The van der Waals surface area contributed by atoms with E-state index in [9.17, 15) is 22.8 Å². The Morgan fingerprint density at radius 2 is 1.72 bits per heavy atom. The molecular formula is C17H20F3NO4. The molecule has 1 aliphatic heterocycles. The number of hydrogen-bond acceptors (Lipinski definition) is 4. The molecule has 0 saturated carbocycles. The smallest absolute Gasteiger partial charge is 0.444 e. The van der Waals surface area contributed by atoms with Crippen LogP contribution in [0.3, 0.4) is 0 Å². The number of benzene rings is 1. The SMILES string of the molecule is CC(C)(C)OC(=O)N1CC[C@H](C(=O)c2ccc(OC(F)(F)F)cc2)C1. The number of halogens is 3. The summed E-state index contributed by atoms with van der Waals surface area (Å²) in [5.41, 5.74) is -0.335. The quantitative estimate of drug-likeness (QED) is 0.765. The van der Waals surface area contributed by atoms with Gasteiger partial charge >= 0.3 is 12.5 Å². The summed E-state index contributed by atoms with van der Waals surface area (Å²) in [5, 5.41) is 0. The maximum Gasteiger partial charge on any atom is 0.573 e. The number of ether oxygens (including phenoxy) is 2. The van der Waals surface area contributed by atoms with Gasteiger partial charge in [-0.15, -0.1) is 13.2 Å². The number of Topliss-reactive ketones (excluding diaryl/α,β-unsaturated/α-hetero) is 1. The van der Waals surface area contributed by atoms with Crippen molar-refractivity contribution in [3.8, 4) is 5.75 Å². The van der Waals surface area contributed by atoms with Gasteiger partial charge in [0.1, 0.15) is 11.4 Å². The summed E-state index contributed by atoms with van der Waals surface area (Å²) in [6, 6.07) is 4.78. The second-order valence-corrected chi connectivity index (χ2v) is 6.85. The lowest BCUT2D eigenvalue weighted by Gasteiger charge is -2.24. The summed E-state index contributed by atoms with van der Waals surface area (Å²) in [5.74, 6) is -1.00. The predicted molar refractivity (Wildman–Crippen MR) is 83.4 cm³/mol. The molecule has 0 aliphatic carbocycles. The average molecular weight is 359 g/mol. The fourth-order valence-corrected chi connectivity index (χ4v) is 2.52. The Labute approximate surface area is 143 Å². The zero-order valence-corrected chi connectivity index (χ0v) is 14.2. The third kappa shape index (κ3) is 5.65. The van der Waals surface area contributed by atoms with Gasteiger partial charge in [-0.25, -0.2) is 4.79 Å². The molecule has 5 nitrogen and oxygen atoms in total. The number of carbonyl (C=O) groups excluding carboxylic acids is 2. The second kappa shape index (κ2) is 6.93. The summed E-state index contributed by atoms with van der Waals surface area (Å²) < 4.78 is 45.5. The second-order valence-electron chi connectivity index (χ2n) is 6.85. The van der Waals surface area contributed by atoms with Crippen molar-refractivity contribution < 1.29 is 32.2 Å². The van der Waals surface area contributed by atoms with Gasteiger partial charge in [-0.3, -0.25) is 4.79 Å². The zero-order chi connectivity index (χ0) is 18.8. The van der Waals surface area contributed by atoms with Crippen molar-refractivity contribution in [1.82, 2.24) is 4.90 Å². The van der Waals surface area contributed by atoms with E-state index >= 15 is 0 Å². The molecule has 2 rings (SSSR count). The first-order valence-corrected chi connectivity index (χ1v) is 7.82. The van der Waals surface area contributed by atoms with Gasteiger partial charge in [0.05, 0.1) is 0 Å². The van der Waals surface area contributed by atoms with Gasteiger partial charge in [-0.2, -0.15) is 0 Å². The molecule has 25 heavy (non-hydrogen) atoms. The van der Waals surface area contributed by atoms with Crippen LogP contribution in [0, 0.1) is 5.92 Å². The highest BCUT2D eigenvalue weighted by molar-refractivity contribution is 5.98. The molecule has 1 amide bonds. The van der Waals surface area contributed by atoms with Gasteiger partial charge in [-0.1, -0.05) is 0 Å². The maximum atomic E-state index is 12.5. The first kappa shape index (κ1) is 19.1. The Hall–Kier alpha value is -2.25. The fourth-order valence-electron chi connectivity index (χ4n) is 2.52. The minimum absolute atomic E-state index is 0.218. The molecule has 0 unspecified atom stereocenters. The summed E-state index contributed by atoms with van der Waals surface area (Å²) in [6.45, 7) is 5.91. The van der Waals surface area contributed by atoms with Crippen LogP contribution in [0.1, 0.15) is 37.6 Å². The molecule has 1 heterocycles. The van der Waals surface area contributed by atoms with E-state index in [1.165, 1.54) is 17.0 Å². The number of likely N-dealkylation sites (tertiary alicyclic amines) is 1. The Kier molecular flexibility index (Phi) is 5.29. The van der Waals surface area contributed by atoms with Crippen molar-refractivity contribution in [3.05, 3.63) is 29.8 Å². The van der Waals surface area contributed by atoms with E-state index in [1.54, 1.807) is 20.8 Å². The lowest BCUT2D eigenvalue weighted by atomic mass is 9.97. The molecule has 1 atom stereocenters. The number of nitrogens with zero attached hydrogens (tertiary/aromatic N) is 1. The average Bonchev–Trinajstić information content (AvgIpc) is 2.93. The Bertz CT molecular complexity index is 635. The van der Waals surface area contributed by atoms with Crippen LogP contribution in [0.2, 0.25) is 0 Å². The molecule has 1 fully saturated rings.